The van der Waals surface area contributed by atoms with Crippen LogP contribution in [0.1, 0.15) is 6.42 Å². The summed E-state index contributed by atoms with van der Waals surface area (Å²) >= 11 is 4.68. The lowest BCUT2D eigenvalue weighted by Crippen LogP contribution is -2.45. The fourth-order valence-corrected chi connectivity index (χ4v) is 2.38. The number of nitrogens with one attached hydrogen (secondary N) is 1. The topological polar surface area (TPSA) is 44.8 Å². The number of halogens is 3. The minimum absolute atomic E-state index is 0.0690. The van der Waals surface area contributed by atoms with E-state index >= 15 is 0 Å². The number of nitrogens with zero attached hydrogens (tertiary/aromatic N) is 2. The van der Waals surface area contributed by atoms with Gasteiger partial charge in [0.1, 0.15) is 5.75 Å². The van der Waals surface area contributed by atoms with E-state index in [9.17, 15) is 13.6 Å². The molecule has 0 bridgehead atoms. The monoisotopic (exact) mass is 347 g/mol. The molecule has 2 rings (SSSR count). The predicted molar refractivity (Wildman–Crippen MR) is 85.1 cm³/mol. The number of hydrogen-bond donors (Lipinski definition) is 1. The number of alkyl halides is 3. The molecular formula is C15H20ClF2N3O2. The first kappa shape index (κ1) is 17.9. The summed E-state index contributed by atoms with van der Waals surface area (Å²) in [6.07, 6.45) is 0.391. The molecule has 1 amide bonds. The van der Waals surface area contributed by atoms with E-state index in [0.717, 1.165) is 26.2 Å². The van der Waals surface area contributed by atoms with Crippen LogP contribution in [0.3, 0.4) is 0 Å². The van der Waals surface area contributed by atoms with Gasteiger partial charge in [0, 0.05) is 56.4 Å². The fraction of sp³-hybridized carbons (Fsp3) is 0.533. The van der Waals surface area contributed by atoms with Crippen LogP contribution in [-0.2, 0) is 4.79 Å². The number of benzene rings is 1. The third kappa shape index (κ3) is 6.68. The Morgan fingerprint density at radius 1 is 1.26 bits per heavy atom. The third-order valence-electron chi connectivity index (χ3n) is 3.62. The summed E-state index contributed by atoms with van der Waals surface area (Å²) in [5, 5.41) is 2.73. The second-order valence-electron chi connectivity index (χ2n) is 5.52. The predicted octanol–water partition coefficient (Wildman–Crippen LogP) is 2.43. The first-order valence-electron chi connectivity index (χ1n) is 7.38. The lowest BCUT2D eigenvalue weighted by molar-refractivity contribution is -0.116. The van der Waals surface area contributed by atoms with Gasteiger partial charge in [-0.2, -0.15) is 0 Å². The van der Waals surface area contributed by atoms with E-state index in [4.69, 9.17) is 0 Å². The fourth-order valence-electron chi connectivity index (χ4n) is 2.29. The molecule has 1 aromatic carbocycles. The zero-order valence-corrected chi connectivity index (χ0v) is 13.7. The van der Waals surface area contributed by atoms with E-state index in [2.05, 4.69) is 38.5 Å². The molecule has 1 heterocycles. The molecule has 8 heteroatoms. The molecule has 0 saturated carbocycles. The molecule has 0 unspecified atom stereocenters. The minimum Gasteiger partial charge on any atom is -0.420 e. The number of ether oxygens (including phenoxy) is 1. The Kier molecular flexibility index (Phi) is 6.15. The van der Waals surface area contributed by atoms with Crippen molar-refractivity contribution in [1.29, 1.82) is 0 Å². The van der Waals surface area contributed by atoms with E-state index in [-0.39, 0.29) is 11.7 Å². The standard InChI is InChI=1S/C15H20ClF2N3O2/c1-20-8-10-21(11-9-20)7-6-14(22)19-12-2-4-13(5-3-12)23-15(16,17)18/h2-5H,6-11H2,1H3,(H,19,22). The Hall–Kier alpha value is -1.44. The van der Waals surface area contributed by atoms with Crippen molar-refractivity contribution in [2.24, 2.45) is 0 Å². The maximum Gasteiger partial charge on any atom is 0.487 e. The Morgan fingerprint density at radius 2 is 1.87 bits per heavy atom. The second kappa shape index (κ2) is 7.90. The summed E-state index contributed by atoms with van der Waals surface area (Å²) in [6, 6.07) is 5.64. The smallest absolute Gasteiger partial charge is 0.420 e. The van der Waals surface area contributed by atoms with Crippen LogP contribution in [0.5, 0.6) is 5.75 Å². The number of piperazine rings is 1. The summed E-state index contributed by atoms with van der Waals surface area (Å²) in [7, 11) is 2.08. The highest BCUT2D eigenvalue weighted by Crippen LogP contribution is 2.25. The number of anilines is 1. The van der Waals surface area contributed by atoms with Crippen molar-refractivity contribution in [2.75, 3.05) is 45.1 Å². The second-order valence-corrected chi connectivity index (χ2v) is 5.96. The average molecular weight is 348 g/mol. The molecule has 0 radical (unpaired) electrons. The molecule has 0 aromatic heterocycles. The van der Waals surface area contributed by atoms with Crippen LogP contribution in [0.4, 0.5) is 14.5 Å². The van der Waals surface area contributed by atoms with E-state index < -0.39 is 5.57 Å². The maximum atomic E-state index is 12.5. The van der Waals surface area contributed by atoms with Crippen LogP contribution >= 0.6 is 11.6 Å². The van der Waals surface area contributed by atoms with Gasteiger partial charge in [-0.25, -0.2) is 0 Å². The van der Waals surface area contributed by atoms with Gasteiger partial charge < -0.3 is 19.9 Å². The van der Waals surface area contributed by atoms with E-state index in [0.29, 0.717) is 18.7 Å². The highest BCUT2D eigenvalue weighted by molar-refractivity contribution is 6.20. The molecule has 5 nitrogen and oxygen atoms in total. The molecule has 1 aliphatic heterocycles. The molecule has 0 aliphatic carbocycles. The first-order chi connectivity index (χ1) is 10.8. The van der Waals surface area contributed by atoms with Gasteiger partial charge >= 0.3 is 5.57 Å². The van der Waals surface area contributed by atoms with Crippen molar-refractivity contribution in [2.45, 2.75) is 12.0 Å². The van der Waals surface area contributed by atoms with Crippen LogP contribution in [0.15, 0.2) is 24.3 Å². The lowest BCUT2D eigenvalue weighted by Gasteiger charge is -2.32. The van der Waals surface area contributed by atoms with Gasteiger partial charge in [-0.1, -0.05) is 0 Å². The minimum atomic E-state index is -3.74. The molecule has 128 valence electrons. The quantitative estimate of drug-likeness (QED) is 0.803. The van der Waals surface area contributed by atoms with Gasteiger partial charge in [0.25, 0.3) is 0 Å². The molecule has 1 N–H and O–H groups in total. The van der Waals surface area contributed by atoms with E-state index in [1.807, 2.05) is 0 Å². The van der Waals surface area contributed by atoms with Gasteiger partial charge in [-0.3, -0.25) is 4.79 Å². The van der Waals surface area contributed by atoms with Gasteiger partial charge in [0.2, 0.25) is 5.91 Å². The average Bonchev–Trinajstić information content (AvgIpc) is 2.47. The van der Waals surface area contributed by atoms with Gasteiger partial charge in [-0.05, 0) is 31.3 Å². The van der Waals surface area contributed by atoms with Crippen molar-refractivity contribution >= 4 is 23.2 Å². The van der Waals surface area contributed by atoms with Gasteiger partial charge in [0.05, 0.1) is 0 Å². The summed E-state index contributed by atoms with van der Waals surface area (Å²) < 4.78 is 29.2. The van der Waals surface area contributed by atoms with Crippen LogP contribution in [0, 0.1) is 0 Å². The van der Waals surface area contributed by atoms with Crippen molar-refractivity contribution in [3.63, 3.8) is 0 Å². The van der Waals surface area contributed by atoms with E-state index in [1.54, 1.807) is 0 Å². The maximum absolute atomic E-state index is 12.5. The Labute approximate surface area is 139 Å². The Balaban J connectivity index is 1.74. The number of rotatable bonds is 6. The first-order valence-corrected chi connectivity index (χ1v) is 7.76. The number of hydrogen-bond acceptors (Lipinski definition) is 4. The highest BCUT2D eigenvalue weighted by atomic mass is 35.5. The molecule has 1 saturated heterocycles. The number of carbonyl (C=O) groups is 1. The van der Waals surface area contributed by atoms with Crippen LogP contribution < -0.4 is 10.1 Å². The van der Waals surface area contributed by atoms with Gasteiger partial charge in [-0.15, -0.1) is 8.78 Å². The number of likely N-dealkylation sites (N-methyl/N-ethyl adjacent to an activating group) is 1. The third-order valence-corrected chi connectivity index (χ3v) is 3.70. The molecule has 0 atom stereocenters. The molecule has 0 spiro atoms. The summed E-state index contributed by atoms with van der Waals surface area (Å²) in [5.41, 5.74) is -3.22. The largest absolute Gasteiger partial charge is 0.487 e. The molecule has 23 heavy (non-hydrogen) atoms. The van der Waals surface area contributed by atoms with Crippen LogP contribution in [-0.4, -0.2) is 61.0 Å². The molecule has 1 aliphatic rings. The Morgan fingerprint density at radius 3 is 2.43 bits per heavy atom. The zero-order chi connectivity index (χ0) is 16.9. The molecule has 1 aromatic rings. The van der Waals surface area contributed by atoms with Gasteiger partial charge in [0.15, 0.2) is 0 Å². The highest BCUT2D eigenvalue weighted by Gasteiger charge is 2.27. The van der Waals surface area contributed by atoms with Crippen LogP contribution in [0.2, 0.25) is 0 Å². The Bertz CT molecular complexity index is 514. The number of amides is 1. The summed E-state index contributed by atoms with van der Waals surface area (Å²) in [5.74, 6) is -0.180. The van der Waals surface area contributed by atoms with Crippen molar-refractivity contribution in [3.8, 4) is 5.75 Å². The van der Waals surface area contributed by atoms with Crippen LogP contribution in [0.25, 0.3) is 0 Å². The zero-order valence-electron chi connectivity index (χ0n) is 12.9. The van der Waals surface area contributed by atoms with Crippen molar-refractivity contribution in [3.05, 3.63) is 24.3 Å². The molecule has 1 fully saturated rings. The van der Waals surface area contributed by atoms with Crippen molar-refractivity contribution in [1.82, 2.24) is 9.80 Å². The summed E-state index contributed by atoms with van der Waals surface area (Å²) in [6.45, 7) is 4.65. The lowest BCUT2D eigenvalue weighted by atomic mass is 10.2. The number of carbonyl (C=O) groups excluding carboxylic acids is 1. The molecular weight excluding hydrogens is 328 g/mol. The summed E-state index contributed by atoms with van der Waals surface area (Å²) in [4.78, 5) is 16.4. The normalized spacial score (nSPS) is 17.0. The van der Waals surface area contributed by atoms with Crippen molar-refractivity contribution < 1.29 is 18.3 Å². The van der Waals surface area contributed by atoms with E-state index in [1.165, 1.54) is 24.3 Å². The SMILES string of the molecule is CN1CCN(CCC(=O)Nc2ccc(OC(F)(F)Cl)cc2)CC1.